The Hall–Kier alpha value is -2.09. The number of hydrogen-bond donors (Lipinski definition) is 1. The second kappa shape index (κ2) is 7.86. The van der Waals surface area contributed by atoms with E-state index in [-0.39, 0.29) is 17.8 Å². The third-order valence-corrected chi connectivity index (χ3v) is 5.43. The molecule has 1 aromatic carbocycles. The number of carbonyl (C=O) groups excluding carboxylic acids is 1. The van der Waals surface area contributed by atoms with Gasteiger partial charge in [-0.3, -0.25) is 4.79 Å². The molecule has 25 heavy (non-hydrogen) atoms. The van der Waals surface area contributed by atoms with Gasteiger partial charge in [-0.15, -0.1) is 11.3 Å². The van der Waals surface area contributed by atoms with E-state index in [1.807, 2.05) is 19.5 Å². The van der Waals surface area contributed by atoms with E-state index in [1.54, 1.807) is 34.9 Å². The van der Waals surface area contributed by atoms with Gasteiger partial charge in [0.25, 0.3) is 5.91 Å². The molecular formula is C18H18FN3OS2. The molecule has 0 aliphatic heterocycles. The summed E-state index contributed by atoms with van der Waals surface area (Å²) in [5.41, 5.74) is 1.89. The summed E-state index contributed by atoms with van der Waals surface area (Å²) in [5.74, 6) is -0.588. The van der Waals surface area contributed by atoms with Crippen LogP contribution < -0.4 is 5.32 Å². The van der Waals surface area contributed by atoms with Gasteiger partial charge in [0.1, 0.15) is 16.5 Å². The van der Waals surface area contributed by atoms with Gasteiger partial charge < -0.3 is 10.2 Å². The molecule has 0 fully saturated rings. The summed E-state index contributed by atoms with van der Waals surface area (Å²) in [5, 5.41) is 9.19. The first-order valence-corrected chi connectivity index (χ1v) is 9.55. The monoisotopic (exact) mass is 375 g/mol. The van der Waals surface area contributed by atoms with Crippen molar-refractivity contribution in [2.24, 2.45) is 0 Å². The molecule has 1 amide bonds. The molecule has 0 spiro atoms. The molecule has 130 valence electrons. The molecule has 4 nitrogen and oxygen atoms in total. The van der Waals surface area contributed by atoms with Gasteiger partial charge in [0.15, 0.2) is 0 Å². The van der Waals surface area contributed by atoms with Crippen molar-refractivity contribution < 1.29 is 9.18 Å². The lowest BCUT2D eigenvalue weighted by atomic mass is 10.1. The van der Waals surface area contributed by atoms with Crippen molar-refractivity contribution in [2.75, 3.05) is 20.6 Å². The fourth-order valence-corrected chi connectivity index (χ4v) is 4.01. The summed E-state index contributed by atoms with van der Waals surface area (Å²) < 4.78 is 13.8. The van der Waals surface area contributed by atoms with E-state index in [1.165, 1.54) is 23.0 Å². The number of nitrogens with one attached hydrogen (secondary N) is 1. The van der Waals surface area contributed by atoms with Crippen LogP contribution in [0.1, 0.15) is 22.1 Å². The van der Waals surface area contributed by atoms with E-state index in [9.17, 15) is 9.18 Å². The van der Waals surface area contributed by atoms with Gasteiger partial charge in [-0.1, -0.05) is 12.1 Å². The molecule has 0 saturated carbocycles. The smallest absolute Gasteiger partial charge is 0.270 e. The number of likely N-dealkylation sites (N-methyl/N-ethyl adjacent to an activating group) is 1. The van der Waals surface area contributed by atoms with Gasteiger partial charge >= 0.3 is 0 Å². The van der Waals surface area contributed by atoms with Gasteiger partial charge in [0, 0.05) is 17.5 Å². The first kappa shape index (κ1) is 17.7. The number of hydrogen-bond acceptors (Lipinski definition) is 5. The van der Waals surface area contributed by atoms with Gasteiger partial charge in [-0.05, 0) is 48.6 Å². The van der Waals surface area contributed by atoms with E-state index in [4.69, 9.17) is 0 Å². The molecule has 2 aromatic heterocycles. The molecule has 2 heterocycles. The SMILES string of the molecule is CN(C)C(CNC(=O)c1csc(-c2ccccc2F)n1)c1ccsc1. The molecule has 0 aliphatic carbocycles. The first-order valence-electron chi connectivity index (χ1n) is 7.73. The van der Waals surface area contributed by atoms with Crippen LogP contribution >= 0.6 is 22.7 Å². The van der Waals surface area contributed by atoms with Crippen molar-refractivity contribution in [3.8, 4) is 10.6 Å². The van der Waals surface area contributed by atoms with Crippen LogP contribution in [-0.2, 0) is 0 Å². The highest BCUT2D eigenvalue weighted by molar-refractivity contribution is 7.13. The largest absolute Gasteiger partial charge is 0.349 e. The number of rotatable bonds is 6. The maximum absolute atomic E-state index is 13.8. The Kier molecular flexibility index (Phi) is 5.57. The average Bonchev–Trinajstić information content (AvgIpc) is 3.27. The van der Waals surface area contributed by atoms with Crippen molar-refractivity contribution in [1.82, 2.24) is 15.2 Å². The lowest BCUT2D eigenvalue weighted by Crippen LogP contribution is -2.34. The Morgan fingerprint density at radius 1 is 1.28 bits per heavy atom. The minimum atomic E-state index is -0.339. The highest BCUT2D eigenvalue weighted by Gasteiger charge is 2.18. The Labute approximate surface area is 154 Å². The summed E-state index contributed by atoms with van der Waals surface area (Å²) in [6.45, 7) is 0.481. The predicted molar refractivity (Wildman–Crippen MR) is 101 cm³/mol. The number of carbonyl (C=O) groups is 1. The summed E-state index contributed by atoms with van der Waals surface area (Å²) in [4.78, 5) is 18.7. The van der Waals surface area contributed by atoms with Gasteiger partial charge in [0.05, 0.1) is 6.04 Å². The normalized spacial score (nSPS) is 12.3. The molecular weight excluding hydrogens is 357 g/mol. The molecule has 0 bridgehead atoms. The fraction of sp³-hybridized carbons (Fsp3) is 0.222. The van der Waals surface area contributed by atoms with Crippen LogP contribution in [0.5, 0.6) is 0 Å². The second-order valence-corrected chi connectivity index (χ2v) is 7.40. The van der Waals surface area contributed by atoms with Crippen LogP contribution in [0.3, 0.4) is 0 Å². The van der Waals surface area contributed by atoms with E-state index in [0.29, 0.717) is 22.8 Å². The van der Waals surface area contributed by atoms with Crippen LogP contribution in [0.2, 0.25) is 0 Å². The highest BCUT2D eigenvalue weighted by atomic mass is 32.1. The van der Waals surface area contributed by atoms with E-state index in [2.05, 4.69) is 26.6 Å². The topological polar surface area (TPSA) is 45.2 Å². The standard InChI is InChI=1S/C18H18FN3OS2/c1-22(2)16(12-7-8-24-10-12)9-20-17(23)15-11-25-18(21-15)13-5-3-4-6-14(13)19/h3-8,10-11,16H,9H2,1-2H3,(H,20,23). The van der Waals surface area contributed by atoms with Crippen molar-refractivity contribution in [2.45, 2.75) is 6.04 Å². The van der Waals surface area contributed by atoms with Crippen LogP contribution in [0, 0.1) is 5.82 Å². The quantitative estimate of drug-likeness (QED) is 0.707. The minimum absolute atomic E-state index is 0.0971. The van der Waals surface area contributed by atoms with Crippen molar-refractivity contribution in [3.63, 3.8) is 0 Å². The van der Waals surface area contributed by atoms with Crippen molar-refractivity contribution >= 4 is 28.6 Å². The predicted octanol–water partition coefficient (Wildman–Crippen LogP) is 4.04. The van der Waals surface area contributed by atoms with Crippen LogP contribution in [0.15, 0.2) is 46.5 Å². The zero-order chi connectivity index (χ0) is 17.8. The minimum Gasteiger partial charge on any atom is -0.349 e. The maximum Gasteiger partial charge on any atom is 0.270 e. The summed E-state index contributed by atoms with van der Waals surface area (Å²) in [7, 11) is 3.96. The third-order valence-electron chi connectivity index (χ3n) is 3.85. The Morgan fingerprint density at radius 2 is 2.08 bits per heavy atom. The van der Waals surface area contributed by atoms with E-state index >= 15 is 0 Å². The number of thiazole rings is 1. The first-order chi connectivity index (χ1) is 12.1. The van der Waals surface area contributed by atoms with Gasteiger partial charge in [-0.25, -0.2) is 9.37 Å². The van der Waals surface area contributed by atoms with Crippen LogP contribution in [0.4, 0.5) is 4.39 Å². The summed E-state index contributed by atoms with van der Waals surface area (Å²) in [6.07, 6.45) is 0. The molecule has 1 unspecified atom stereocenters. The van der Waals surface area contributed by atoms with Crippen molar-refractivity contribution in [3.05, 3.63) is 63.5 Å². The lowest BCUT2D eigenvalue weighted by Gasteiger charge is -2.23. The molecule has 3 aromatic rings. The Bertz CT molecular complexity index is 846. The number of nitrogens with zero attached hydrogens (tertiary/aromatic N) is 2. The molecule has 7 heteroatoms. The van der Waals surface area contributed by atoms with Crippen molar-refractivity contribution in [1.29, 1.82) is 0 Å². The number of aromatic nitrogens is 1. The van der Waals surface area contributed by atoms with E-state index in [0.717, 1.165) is 0 Å². The maximum atomic E-state index is 13.8. The molecule has 0 saturated heterocycles. The highest BCUT2D eigenvalue weighted by Crippen LogP contribution is 2.26. The average molecular weight is 375 g/mol. The summed E-state index contributed by atoms with van der Waals surface area (Å²) in [6, 6.07) is 8.59. The molecule has 0 aliphatic rings. The van der Waals surface area contributed by atoms with Gasteiger partial charge in [0.2, 0.25) is 0 Å². The number of amides is 1. The zero-order valence-corrected chi connectivity index (χ0v) is 15.5. The molecule has 1 N–H and O–H groups in total. The summed E-state index contributed by atoms with van der Waals surface area (Å²) >= 11 is 2.90. The second-order valence-electron chi connectivity index (χ2n) is 5.76. The molecule has 0 radical (unpaired) electrons. The zero-order valence-electron chi connectivity index (χ0n) is 13.9. The Morgan fingerprint density at radius 3 is 2.76 bits per heavy atom. The number of halogens is 1. The lowest BCUT2D eigenvalue weighted by molar-refractivity contribution is 0.0937. The third kappa shape index (κ3) is 4.12. The van der Waals surface area contributed by atoms with E-state index < -0.39 is 0 Å². The van der Waals surface area contributed by atoms with Crippen LogP contribution in [0.25, 0.3) is 10.6 Å². The Balaban J connectivity index is 1.69. The number of thiophene rings is 1. The van der Waals surface area contributed by atoms with Gasteiger partial charge in [-0.2, -0.15) is 11.3 Å². The number of benzene rings is 1. The molecule has 3 rings (SSSR count). The molecule has 1 atom stereocenters. The fourth-order valence-electron chi connectivity index (χ4n) is 2.48. The van der Waals surface area contributed by atoms with Crippen LogP contribution in [-0.4, -0.2) is 36.4 Å².